The molecule has 5 heteroatoms. The van der Waals surface area contributed by atoms with E-state index >= 15 is 0 Å². The number of nitrogens with zero attached hydrogens (tertiary/aromatic N) is 2. The molecule has 0 atom stereocenters. The number of hydrogen-bond donors (Lipinski definition) is 0. The lowest BCUT2D eigenvalue weighted by molar-refractivity contribution is -0.0940. The molecule has 2 nitrogen and oxygen atoms in total. The molecule has 0 saturated carbocycles. The van der Waals surface area contributed by atoms with Crippen molar-refractivity contribution in [2.45, 2.75) is 12.6 Å². The molecule has 1 rings (SSSR count). The molecule has 0 aromatic carbocycles. The molecule has 0 fully saturated rings. The summed E-state index contributed by atoms with van der Waals surface area (Å²) in [5.74, 6) is 0. The second-order valence-electron chi connectivity index (χ2n) is 2.32. The Morgan fingerprint density at radius 1 is 1.42 bits per heavy atom. The lowest BCUT2D eigenvalue weighted by Crippen LogP contribution is -2.16. The fourth-order valence-corrected chi connectivity index (χ4v) is 0.852. The van der Waals surface area contributed by atoms with Crippen LogP contribution in [0.4, 0.5) is 13.2 Å². The number of hydrogen-bond acceptors (Lipinski definition) is 0. The van der Waals surface area contributed by atoms with Crippen LogP contribution in [-0.4, -0.2) is 16.7 Å². The third-order valence-electron chi connectivity index (χ3n) is 1.45. The van der Waals surface area contributed by atoms with Gasteiger partial charge < -0.3 is 5.53 Å². The zero-order chi connectivity index (χ0) is 9.19. The van der Waals surface area contributed by atoms with Gasteiger partial charge in [0.15, 0.2) is 0 Å². The van der Waals surface area contributed by atoms with Crippen LogP contribution in [0.5, 0.6) is 0 Å². The summed E-state index contributed by atoms with van der Waals surface area (Å²) in [4.78, 5) is 2.70. The molecule has 0 saturated heterocycles. The van der Waals surface area contributed by atoms with Crippen molar-refractivity contribution in [2.75, 3.05) is 0 Å². The van der Waals surface area contributed by atoms with Gasteiger partial charge in [-0.25, -0.2) is 0 Å². The van der Waals surface area contributed by atoms with E-state index in [2.05, 4.69) is 4.79 Å². The predicted octanol–water partition coefficient (Wildman–Crippen LogP) is 2.11. The normalized spacial score (nSPS) is 17.2. The molecule has 1 aliphatic carbocycles. The topological polar surface area (TPSA) is 36.4 Å². The zero-order valence-corrected chi connectivity index (χ0v) is 5.97. The largest absolute Gasteiger partial charge is 0.413 e. The molecule has 0 heterocycles. The molecule has 0 spiro atoms. The summed E-state index contributed by atoms with van der Waals surface area (Å²) in [7, 11) is 0. The van der Waals surface area contributed by atoms with Crippen LogP contribution in [0.1, 0.15) is 6.42 Å². The first-order valence-electron chi connectivity index (χ1n) is 3.19. The standard InChI is InChI=1S/C7H5F3N2/c8-7(9,10)5-2-1-3-6(4-5)12-11/h1-3H,4H2. The quantitative estimate of drug-likeness (QED) is 0.398. The van der Waals surface area contributed by atoms with Gasteiger partial charge in [0, 0.05) is 11.6 Å². The summed E-state index contributed by atoms with van der Waals surface area (Å²) in [5.41, 5.74) is 7.54. The summed E-state index contributed by atoms with van der Waals surface area (Å²) in [6, 6.07) is 0. The predicted molar refractivity (Wildman–Crippen MR) is 36.5 cm³/mol. The average molecular weight is 174 g/mol. The fraction of sp³-hybridized carbons (Fsp3) is 0.286. The van der Waals surface area contributed by atoms with Crippen molar-refractivity contribution < 1.29 is 18.0 Å². The Balaban J connectivity index is 2.91. The SMILES string of the molecule is [N-]=[N+]=C1C=CC=C(C(F)(F)F)C1. The average Bonchev–Trinajstić information content (AvgIpc) is 2.03. The van der Waals surface area contributed by atoms with E-state index < -0.39 is 11.7 Å². The lowest BCUT2D eigenvalue weighted by Gasteiger charge is -2.09. The maximum Gasteiger partial charge on any atom is 0.413 e. The van der Waals surface area contributed by atoms with Gasteiger partial charge in [0.2, 0.25) is 0 Å². The van der Waals surface area contributed by atoms with Gasteiger partial charge in [-0.15, -0.1) is 0 Å². The smallest absolute Gasteiger partial charge is 0.361 e. The Labute approximate surface area is 66.6 Å². The van der Waals surface area contributed by atoms with Crippen molar-refractivity contribution in [3.63, 3.8) is 0 Å². The Kier molecular flexibility index (Phi) is 2.15. The highest BCUT2D eigenvalue weighted by Crippen LogP contribution is 2.29. The summed E-state index contributed by atoms with van der Waals surface area (Å²) in [5, 5.41) is 0. The van der Waals surface area contributed by atoms with E-state index in [0.717, 1.165) is 6.08 Å². The van der Waals surface area contributed by atoms with Crippen LogP contribution >= 0.6 is 0 Å². The van der Waals surface area contributed by atoms with E-state index in [4.69, 9.17) is 5.53 Å². The van der Waals surface area contributed by atoms with Crippen molar-refractivity contribution in [3.05, 3.63) is 29.3 Å². The number of alkyl halides is 3. The Morgan fingerprint density at radius 2 is 2.08 bits per heavy atom. The second-order valence-corrected chi connectivity index (χ2v) is 2.32. The monoisotopic (exact) mass is 174 g/mol. The molecule has 0 aliphatic heterocycles. The molecular weight excluding hydrogens is 169 g/mol. The minimum atomic E-state index is -4.33. The molecule has 64 valence electrons. The van der Waals surface area contributed by atoms with Gasteiger partial charge in [-0.3, -0.25) is 0 Å². The van der Waals surface area contributed by atoms with Gasteiger partial charge in [-0.05, 0) is 0 Å². The number of allylic oxidation sites excluding steroid dienone is 4. The van der Waals surface area contributed by atoms with Crippen LogP contribution in [0.25, 0.3) is 5.53 Å². The van der Waals surface area contributed by atoms with Crippen molar-refractivity contribution >= 4 is 5.71 Å². The molecular formula is C7H5F3N2. The molecule has 0 N–H and O–H groups in total. The van der Waals surface area contributed by atoms with Crippen molar-refractivity contribution in [1.29, 1.82) is 0 Å². The fourth-order valence-electron chi connectivity index (χ4n) is 0.852. The van der Waals surface area contributed by atoms with Crippen molar-refractivity contribution in [2.24, 2.45) is 0 Å². The van der Waals surface area contributed by atoms with Gasteiger partial charge in [-0.2, -0.15) is 18.0 Å². The maximum absolute atomic E-state index is 12.0. The minimum Gasteiger partial charge on any atom is -0.361 e. The van der Waals surface area contributed by atoms with E-state index in [9.17, 15) is 13.2 Å². The highest BCUT2D eigenvalue weighted by atomic mass is 19.4. The van der Waals surface area contributed by atoms with Gasteiger partial charge in [-0.1, -0.05) is 12.2 Å². The Morgan fingerprint density at radius 3 is 2.58 bits per heavy atom. The molecule has 0 aromatic rings. The van der Waals surface area contributed by atoms with Crippen molar-refractivity contribution in [3.8, 4) is 0 Å². The van der Waals surface area contributed by atoms with Crippen molar-refractivity contribution in [1.82, 2.24) is 0 Å². The first-order chi connectivity index (χ1) is 5.54. The van der Waals surface area contributed by atoms with Crippen LogP contribution in [0.3, 0.4) is 0 Å². The van der Waals surface area contributed by atoms with Gasteiger partial charge >= 0.3 is 6.18 Å². The first-order valence-corrected chi connectivity index (χ1v) is 3.19. The van der Waals surface area contributed by atoms with Gasteiger partial charge in [0.1, 0.15) is 0 Å². The summed E-state index contributed by atoms with van der Waals surface area (Å²) in [6.45, 7) is 0. The zero-order valence-electron chi connectivity index (χ0n) is 5.97. The first kappa shape index (κ1) is 8.74. The van der Waals surface area contributed by atoms with Crippen LogP contribution in [0.2, 0.25) is 0 Å². The van der Waals surface area contributed by atoms with Gasteiger partial charge in [0.05, 0.1) is 6.42 Å². The molecule has 12 heavy (non-hydrogen) atoms. The third kappa shape index (κ3) is 1.83. The Bertz CT molecular complexity index is 292. The molecule has 0 aromatic heterocycles. The number of rotatable bonds is 0. The van der Waals surface area contributed by atoms with Crippen LogP contribution < -0.4 is 0 Å². The summed E-state index contributed by atoms with van der Waals surface area (Å²) in [6.07, 6.45) is -1.19. The van der Waals surface area contributed by atoms with Gasteiger partial charge in [0.25, 0.3) is 5.71 Å². The maximum atomic E-state index is 12.0. The Hall–Kier alpha value is -1.35. The summed E-state index contributed by atoms with van der Waals surface area (Å²) >= 11 is 0. The molecule has 0 radical (unpaired) electrons. The molecule has 0 unspecified atom stereocenters. The second kappa shape index (κ2) is 2.95. The van der Waals surface area contributed by atoms with Crippen LogP contribution in [0.15, 0.2) is 23.8 Å². The third-order valence-corrected chi connectivity index (χ3v) is 1.45. The van der Waals surface area contributed by atoms with E-state index in [1.54, 1.807) is 0 Å². The lowest BCUT2D eigenvalue weighted by atomic mass is 10.0. The summed E-state index contributed by atoms with van der Waals surface area (Å²) < 4.78 is 36.0. The molecule has 0 amide bonds. The minimum absolute atomic E-state index is 0.0184. The van der Waals surface area contributed by atoms with E-state index in [1.807, 2.05) is 0 Å². The van der Waals surface area contributed by atoms with E-state index in [-0.39, 0.29) is 12.1 Å². The van der Waals surface area contributed by atoms with E-state index in [1.165, 1.54) is 12.2 Å². The molecule has 1 aliphatic rings. The highest BCUT2D eigenvalue weighted by Gasteiger charge is 2.35. The number of halogens is 3. The van der Waals surface area contributed by atoms with E-state index in [0.29, 0.717) is 0 Å². The molecule has 0 bridgehead atoms. The van der Waals surface area contributed by atoms with Crippen LogP contribution in [-0.2, 0) is 0 Å². The highest BCUT2D eigenvalue weighted by molar-refractivity contribution is 5.93. The van der Waals surface area contributed by atoms with Crippen LogP contribution in [0, 0.1) is 0 Å².